The quantitative estimate of drug-likeness (QED) is 0.254. The molecular formula is C21H24ClN3O3S2. The second-order valence-electron chi connectivity index (χ2n) is 6.73. The van der Waals surface area contributed by atoms with Crippen LogP contribution in [-0.2, 0) is 22.6 Å². The standard InChI is InChI=1S/C21H24ClN3O3S2/c1-3-28-9-4-8-25-20(27)17-6-5-16(22)11-18(17)23-21(25)30-14-19(26)24(2)12-15-7-10-29-13-15/h5-7,10-11,13H,3-4,8-9,12,14H2,1-2H3. The number of halogens is 1. The number of benzene rings is 1. The number of thiophene rings is 1. The summed E-state index contributed by atoms with van der Waals surface area (Å²) in [5, 5.41) is 5.57. The fraction of sp³-hybridized carbons (Fsp3) is 0.381. The van der Waals surface area contributed by atoms with Gasteiger partial charge in [-0.25, -0.2) is 4.98 Å². The molecule has 0 atom stereocenters. The van der Waals surface area contributed by atoms with E-state index in [1.165, 1.54) is 11.8 Å². The Hall–Kier alpha value is -1.87. The molecular weight excluding hydrogens is 442 g/mol. The minimum atomic E-state index is -0.130. The Labute approximate surface area is 188 Å². The fourth-order valence-corrected chi connectivity index (χ4v) is 4.72. The molecule has 3 aromatic rings. The van der Waals surface area contributed by atoms with Crippen molar-refractivity contribution in [3.05, 3.63) is 56.0 Å². The van der Waals surface area contributed by atoms with Crippen LogP contribution in [0.3, 0.4) is 0 Å². The van der Waals surface area contributed by atoms with Crippen molar-refractivity contribution in [1.29, 1.82) is 0 Å². The lowest BCUT2D eigenvalue weighted by Crippen LogP contribution is -2.29. The van der Waals surface area contributed by atoms with Gasteiger partial charge in [-0.05, 0) is 53.9 Å². The van der Waals surface area contributed by atoms with E-state index in [0.717, 1.165) is 5.56 Å². The van der Waals surface area contributed by atoms with Crippen molar-refractivity contribution in [2.24, 2.45) is 0 Å². The normalized spacial score (nSPS) is 11.2. The van der Waals surface area contributed by atoms with Gasteiger partial charge in [-0.3, -0.25) is 14.2 Å². The largest absolute Gasteiger partial charge is 0.382 e. The number of thioether (sulfide) groups is 1. The van der Waals surface area contributed by atoms with Gasteiger partial charge in [0.15, 0.2) is 5.16 Å². The Morgan fingerprint density at radius 3 is 2.93 bits per heavy atom. The van der Waals surface area contributed by atoms with E-state index in [4.69, 9.17) is 16.3 Å². The number of hydrogen-bond acceptors (Lipinski definition) is 6. The average molecular weight is 466 g/mol. The molecule has 160 valence electrons. The van der Waals surface area contributed by atoms with E-state index in [0.29, 0.717) is 53.8 Å². The molecule has 2 aromatic heterocycles. The zero-order chi connectivity index (χ0) is 21.5. The van der Waals surface area contributed by atoms with Crippen molar-refractivity contribution in [2.75, 3.05) is 26.0 Å². The van der Waals surface area contributed by atoms with E-state index >= 15 is 0 Å². The van der Waals surface area contributed by atoms with E-state index < -0.39 is 0 Å². The molecule has 0 aliphatic carbocycles. The van der Waals surface area contributed by atoms with Crippen molar-refractivity contribution in [2.45, 2.75) is 31.6 Å². The summed E-state index contributed by atoms with van der Waals surface area (Å²) in [7, 11) is 1.78. The van der Waals surface area contributed by atoms with Crippen molar-refractivity contribution in [3.63, 3.8) is 0 Å². The molecule has 0 radical (unpaired) electrons. The number of amides is 1. The molecule has 0 N–H and O–H groups in total. The van der Waals surface area contributed by atoms with Crippen LogP contribution in [0.4, 0.5) is 0 Å². The topological polar surface area (TPSA) is 64.4 Å². The summed E-state index contributed by atoms with van der Waals surface area (Å²) < 4.78 is 7.03. The summed E-state index contributed by atoms with van der Waals surface area (Å²) in [5.74, 6) is 0.178. The predicted octanol–water partition coefficient (Wildman–Crippen LogP) is 4.29. The molecule has 0 spiro atoms. The second kappa shape index (κ2) is 10.9. The van der Waals surface area contributed by atoms with E-state index in [1.807, 2.05) is 23.8 Å². The van der Waals surface area contributed by atoms with E-state index in [9.17, 15) is 9.59 Å². The Bertz CT molecular complexity index is 1050. The van der Waals surface area contributed by atoms with Crippen molar-refractivity contribution in [1.82, 2.24) is 14.5 Å². The van der Waals surface area contributed by atoms with Gasteiger partial charge in [0.25, 0.3) is 5.56 Å². The lowest BCUT2D eigenvalue weighted by atomic mass is 10.2. The summed E-state index contributed by atoms with van der Waals surface area (Å²) in [6, 6.07) is 7.07. The number of carbonyl (C=O) groups excluding carboxylic acids is 1. The van der Waals surface area contributed by atoms with Crippen LogP contribution in [0.15, 0.2) is 45.0 Å². The van der Waals surface area contributed by atoms with Crippen LogP contribution in [0.2, 0.25) is 5.02 Å². The molecule has 6 nitrogen and oxygen atoms in total. The van der Waals surface area contributed by atoms with Gasteiger partial charge in [0.2, 0.25) is 5.91 Å². The van der Waals surface area contributed by atoms with Crippen LogP contribution in [0.5, 0.6) is 0 Å². The molecule has 9 heteroatoms. The molecule has 0 saturated heterocycles. The van der Waals surface area contributed by atoms with E-state index in [-0.39, 0.29) is 17.2 Å². The van der Waals surface area contributed by atoms with Crippen LogP contribution in [0, 0.1) is 0 Å². The van der Waals surface area contributed by atoms with Gasteiger partial charge in [-0.1, -0.05) is 23.4 Å². The first kappa shape index (κ1) is 22.8. The Balaban J connectivity index is 1.79. The molecule has 0 fully saturated rings. The van der Waals surface area contributed by atoms with Gasteiger partial charge in [0.1, 0.15) is 0 Å². The van der Waals surface area contributed by atoms with Crippen molar-refractivity contribution >= 4 is 51.5 Å². The van der Waals surface area contributed by atoms with Crippen LogP contribution >= 0.6 is 34.7 Å². The van der Waals surface area contributed by atoms with E-state index in [1.54, 1.807) is 46.1 Å². The highest BCUT2D eigenvalue weighted by Gasteiger charge is 2.16. The first-order valence-electron chi connectivity index (χ1n) is 9.65. The molecule has 2 heterocycles. The number of rotatable bonds is 10. The molecule has 3 rings (SSSR count). The van der Waals surface area contributed by atoms with Crippen LogP contribution in [0.1, 0.15) is 18.9 Å². The summed E-state index contributed by atoms with van der Waals surface area (Å²) in [6.07, 6.45) is 0.689. The minimum absolute atomic E-state index is 0.0208. The lowest BCUT2D eigenvalue weighted by molar-refractivity contribution is -0.127. The van der Waals surface area contributed by atoms with Gasteiger partial charge in [-0.2, -0.15) is 11.3 Å². The summed E-state index contributed by atoms with van der Waals surface area (Å²) >= 11 is 8.97. The lowest BCUT2D eigenvalue weighted by Gasteiger charge is -2.17. The SMILES string of the molecule is CCOCCCn1c(SCC(=O)N(C)Cc2ccsc2)nc2cc(Cl)ccc2c1=O. The van der Waals surface area contributed by atoms with Gasteiger partial charge >= 0.3 is 0 Å². The van der Waals surface area contributed by atoms with Crippen molar-refractivity contribution < 1.29 is 9.53 Å². The molecule has 0 bridgehead atoms. The highest BCUT2D eigenvalue weighted by atomic mass is 35.5. The highest BCUT2D eigenvalue weighted by molar-refractivity contribution is 7.99. The fourth-order valence-electron chi connectivity index (χ4n) is 2.93. The first-order chi connectivity index (χ1) is 14.5. The summed E-state index contributed by atoms with van der Waals surface area (Å²) in [6.45, 7) is 4.17. The number of ether oxygens (including phenoxy) is 1. The number of fused-ring (bicyclic) bond motifs is 1. The maximum Gasteiger partial charge on any atom is 0.262 e. The van der Waals surface area contributed by atoms with Crippen LogP contribution in [-0.4, -0.2) is 46.4 Å². The first-order valence-corrected chi connectivity index (χ1v) is 12.0. The van der Waals surface area contributed by atoms with Crippen LogP contribution < -0.4 is 5.56 Å². The number of carbonyl (C=O) groups is 1. The maximum absolute atomic E-state index is 13.0. The smallest absolute Gasteiger partial charge is 0.262 e. The van der Waals surface area contributed by atoms with Gasteiger partial charge < -0.3 is 9.64 Å². The summed E-state index contributed by atoms with van der Waals surface area (Å²) in [5.41, 5.74) is 1.51. The third-order valence-electron chi connectivity index (χ3n) is 4.51. The molecule has 0 aliphatic heterocycles. The van der Waals surface area contributed by atoms with Crippen LogP contribution in [0.25, 0.3) is 10.9 Å². The Kier molecular flexibility index (Phi) is 8.32. The molecule has 1 amide bonds. The predicted molar refractivity (Wildman–Crippen MR) is 124 cm³/mol. The van der Waals surface area contributed by atoms with Gasteiger partial charge in [0.05, 0.1) is 16.7 Å². The molecule has 0 saturated carbocycles. The molecule has 0 aliphatic rings. The highest BCUT2D eigenvalue weighted by Crippen LogP contribution is 2.21. The number of nitrogens with zero attached hydrogens (tertiary/aromatic N) is 3. The van der Waals surface area contributed by atoms with Gasteiger partial charge in [-0.15, -0.1) is 0 Å². The monoisotopic (exact) mass is 465 g/mol. The zero-order valence-corrected chi connectivity index (χ0v) is 19.4. The number of hydrogen-bond donors (Lipinski definition) is 0. The molecule has 30 heavy (non-hydrogen) atoms. The Morgan fingerprint density at radius 2 is 2.20 bits per heavy atom. The zero-order valence-electron chi connectivity index (χ0n) is 17.0. The third-order valence-corrected chi connectivity index (χ3v) is 6.44. The molecule has 1 aromatic carbocycles. The van der Waals surface area contributed by atoms with Crippen molar-refractivity contribution in [3.8, 4) is 0 Å². The summed E-state index contributed by atoms with van der Waals surface area (Å²) in [4.78, 5) is 32.0. The second-order valence-corrected chi connectivity index (χ2v) is 8.89. The minimum Gasteiger partial charge on any atom is -0.382 e. The van der Waals surface area contributed by atoms with E-state index in [2.05, 4.69) is 4.98 Å². The molecule has 0 unspecified atom stereocenters. The Morgan fingerprint density at radius 1 is 1.37 bits per heavy atom. The average Bonchev–Trinajstić information content (AvgIpc) is 3.23. The maximum atomic E-state index is 13.0. The third kappa shape index (κ3) is 5.85. The number of aromatic nitrogens is 2. The van der Waals surface area contributed by atoms with Gasteiger partial charge in [0, 0.05) is 38.4 Å².